The largest absolute Gasteiger partial charge is 0.868 e. The van der Waals surface area contributed by atoms with Crippen LogP contribution in [0.3, 0.4) is 0 Å². The molecular formula is C30H25N2O6-. The highest BCUT2D eigenvalue weighted by atomic mass is 16.6. The second-order valence-electron chi connectivity index (χ2n) is 9.59. The lowest BCUT2D eigenvalue weighted by atomic mass is 9.69. The van der Waals surface area contributed by atoms with Crippen LogP contribution in [0, 0.1) is 16.0 Å². The van der Waals surface area contributed by atoms with Crippen LogP contribution in [0.5, 0.6) is 5.75 Å². The number of nitro benzene ring substituents is 1. The van der Waals surface area contributed by atoms with E-state index in [1.165, 1.54) is 12.1 Å². The first-order chi connectivity index (χ1) is 18.3. The van der Waals surface area contributed by atoms with Crippen molar-refractivity contribution in [3.8, 4) is 5.75 Å². The SMILES string of the molecule is CC1=NC2=C(C(=O)C[C@@H](c3ccccc3)C2)[C@@H](c2ccc([O-])c([N+](=O)[O-])c2)C1C(=O)OCc1ccccc1. The third kappa shape index (κ3) is 4.85. The van der Waals surface area contributed by atoms with Gasteiger partial charge in [-0.25, -0.2) is 0 Å². The van der Waals surface area contributed by atoms with E-state index in [-0.39, 0.29) is 24.7 Å². The number of benzene rings is 3. The van der Waals surface area contributed by atoms with Crippen molar-refractivity contribution in [1.82, 2.24) is 0 Å². The Morgan fingerprint density at radius 3 is 2.37 bits per heavy atom. The molecule has 3 aromatic rings. The second-order valence-corrected chi connectivity index (χ2v) is 9.59. The summed E-state index contributed by atoms with van der Waals surface area (Å²) < 4.78 is 5.65. The fraction of sp³-hybridized carbons (Fsp3) is 0.233. The van der Waals surface area contributed by atoms with Crippen LogP contribution in [0.15, 0.2) is 95.1 Å². The predicted molar refractivity (Wildman–Crippen MR) is 139 cm³/mol. The van der Waals surface area contributed by atoms with Gasteiger partial charge in [-0.15, -0.1) is 0 Å². The van der Waals surface area contributed by atoms with Gasteiger partial charge in [0.25, 0.3) is 5.69 Å². The van der Waals surface area contributed by atoms with Crippen molar-refractivity contribution in [2.24, 2.45) is 10.9 Å². The third-order valence-electron chi connectivity index (χ3n) is 7.18. The molecule has 1 heterocycles. The minimum Gasteiger partial charge on any atom is -0.868 e. The molecule has 5 rings (SSSR count). The summed E-state index contributed by atoms with van der Waals surface area (Å²) in [5, 5.41) is 23.7. The first kappa shape index (κ1) is 25.1. The number of aliphatic imine (C=N–C) groups is 1. The van der Waals surface area contributed by atoms with Crippen molar-refractivity contribution >= 4 is 23.2 Å². The minimum atomic E-state index is -0.966. The summed E-state index contributed by atoms with van der Waals surface area (Å²) in [4.78, 5) is 42.7. The van der Waals surface area contributed by atoms with Gasteiger partial charge in [0.2, 0.25) is 0 Å². The number of nitrogens with zero attached hydrogens (tertiary/aromatic N) is 2. The molecule has 0 aromatic heterocycles. The monoisotopic (exact) mass is 509 g/mol. The number of hydrogen-bond donors (Lipinski definition) is 0. The molecule has 1 unspecified atom stereocenters. The molecule has 8 nitrogen and oxygen atoms in total. The molecule has 1 aliphatic carbocycles. The number of rotatable bonds is 6. The molecule has 8 heteroatoms. The molecule has 0 amide bonds. The standard InChI is InChI=1S/C30H26N2O6/c1-18-27(30(35)38-17-19-8-4-2-5-9-19)28(21-12-13-25(33)24(15-21)32(36)37)29-23(31-18)14-22(16-26(29)34)20-10-6-3-7-11-20/h2-13,15,22,27-28,33H,14,16-17H2,1H3/p-1/t22-,27?,28-/m0/s1. The summed E-state index contributed by atoms with van der Waals surface area (Å²) in [7, 11) is 0. The van der Waals surface area contributed by atoms with E-state index >= 15 is 0 Å². The van der Waals surface area contributed by atoms with Crippen LogP contribution in [0.25, 0.3) is 0 Å². The normalized spacial score (nSPS) is 20.9. The summed E-state index contributed by atoms with van der Waals surface area (Å²) in [6.45, 7) is 1.74. The van der Waals surface area contributed by atoms with Gasteiger partial charge in [-0.1, -0.05) is 72.8 Å². The number of carbonyl (C=O) groups excluding carboxylic acids is 2. The Balaban J connectivity index is 1.56. The van der Waals surface area contributed by atoms with E-state index in [1.807, 2.05) is 60.7 Å². The van der Waals surface area contributed by atoms with Crippen LogP contribution in [-0.4, -0.2) is 22.4 Å². The van der Waals surface area contributed by atoms with Crippen LogP contribution >= 0.6 is 0 Å². The number of hydrogen-bond acceptors (Lipinski definition) is 7. The fourth-order valence-corrected chi connectivity index (χ4v) is 5.37. The maximum atomic E-state index is 13.7. The Hall–Kier alpha value is -4.59. The average Bonchev–Trinajstić information content (AvgIpc) is 2.92. The molecule has 0 bridgehead atoms. The van der Waals surface area contributed by atoms with Gasteiger partial charge >= 0.3 is 5.97 Å². The van der Waals surface area contributed by atoms with E-state index in [2.05, 4.69) is 0 Å². The molecule has 38 heavy (non-hydrogen) atoms. The number of allylic oxidation sites excluding steroid dienone is 2. The molecule has 3 atom stereocenters. The van der Waals surface area contributed by atoms with Gasteiger partial charge in [0.15, 0.2) is 5.78 Å². The molecular weight excluding hydrogens is 484 g/mol. The maximum Gasteiger partial charge on any atom is 0.315 e. The predicted octanol–water partition coefficient (Wildman–Crippen LogP) is 4.99. The first-order valence-electron chi connectivity index (χ1n) is 12.4. The summed E-state index contributed by atoms with van der Waals surface area (Å²) in [5.41, 5.74) is 2.94. The summed E-state index contributed by atoms with van der Waals surface area (Å²) in [6, 6.07) is 22.6. The molecule has 0 saturated carbocycles. The number of nitro groups is 1. The zero-order valence-electron chi connectivity index (χ0n) is 20.7. The molecule has 192 valence electrons. The number of Topliss-reactive ketones (excluding diaryl/α,β-unsaturated/α-hetero) is 1. The van der Waals surface area contributed by atoms with Gasteiger partial charge < -0.3 is 9.84 Å². The Morgan fingerprint density at radius 2 is 1.68 bits per heavy atom. The zero-order valence-corrected chi connectivity index (χ0v) is 20.7. The molecule has 0 spiro atoms. The van der Waals surface area contributed by atoms with E-state index in [9.17, 15) is 24.8 Å². The van der Waals surface area contributed by atoms with E-state index < -0.39 is 34.2 Å². The molecule has 3 aromatic carbocycles. The smallest absolute Gasteiger partial charge is 0.315 e. The van der Waals surface area contributed by atoms with Crippen molar-refractivity contribution in [1.29, 1.82) is 0 Å². The van der Waals surface area contributed by atoms with Crippen molar-refractivity contribution in [2.75, 3.05) is 0 Å². The van der Waals surface area contributed by atoms with Gasteiger partial charge in [0, 0.05) is 35.4 Å². The number of ether oxygens (including phenoxy) is 1. The Bertz CT molecular complexity index is 1460. The molecule has 2 aliphatic rings. The number of esters is 1. The summed E-state index contributed by atoms with van der Waals surface area (Å²) in [6.07, 6.45) is 0.716. The number of ketones is 1. The highest BCUT2D eigenvalue weighted by Gasteiger charge is 2.45. The zero-order chi connectivity index (χ0) is 26.8. The highest BCUT2D eigenvalue weighted by molar-refractivity contribution is 6.09. The van der Waals surface area contributed by atoms with Gasteiger partial charge in [0.1, 0.15) is 12.5 Å². The lowest BCUT2D eigenvalue weighted by Crippen LogP contribution is -2.38. The van der Waals surface area contributed by atoms with Crippen LogP contribution in [0.2, 0.25) is 0 Å². The average molecular weight is 510 g/mol. The maximum absolute atomic E-state index is 13.7. The van der Waals surface area contributed by atoms with Gasteiger partial charge in [-0.3, -0.25) is 24.7 Å². The van der Waals surface area contributed by atoms with Gasteiger partial charge in [-0.2, -0.15) is 0 Å². The third-order valence-corrected chi connectivity index (χ3v) is 7.18. The van der Waals surface area contributed by atoms with Crippen LogP contribution < -0.4 is 5.11 Å². The van der Waals surface area contributed by atoms with Crippen molar-refractivity contribution in [3.05, 3.63) is 117 Å². The Kier molecular flexibility index (Phi) is 6.87. The van der Waals surface area contributed by atoms with E-state index in [4.69, 9.17) is 9.73 Å². The molecule has 0 radical (unpaired) electrons. The lowest BCUT2D eigenvalue weighted by Gasteiger charge is -2.36. The molecule has 1 aliphatic heterocycles. The van der Waals surface area contributed by atoms with Gasteiger partial charge in [-0.05, 0) is 41.7 Å². The van der Waals surface area contributed by atoms with E-state index in [1.54, 1.807) is 6.92 Å². The van der Waals surface area contributed by atoms with Gasteiger partial charge in [0.05, 0.1) is 4.92 Å². The fourth-order valence-electron chi connectivity index (χ4n) is 5.37. The topological polar surface area (TPSA) is 122 Å². The van der Waals surface area contributed by atoms with Crippen molar-refractivity contribution in [2.45, 2.75) is 38.2 Å². The summed E-state index contributed by atoms with van der Waals surface area (Å²) in [5.74, 6) is -3.38. The molecule has 0 saturated heterocycles. The van der Waals surface area contributed by atoms with E-state index in [0.717, 1.165) is 17.2 Å². The summed E-state index contributed by atoms with van der Waals surface area (Å²) >= 11 is 0. The van der Waals surface area contributed by atoms with Crippen LogP contribution in [0.1, 0.15) is 48.3 Å². The minimum absolute atomic E-state index is 0.0335. The number of carbonyl (C=O) groups is 2. The molecule has 0 fully saturated rings. The Labute approximate surface area is 219 Å². The first-order valence-corrected chi connectivity index (χ1v) is 12.4. The molecule has 0 N–H and O–H groups in total. The highest BCUT2D eigenvalue weighted by Crippen LogP contribution is 2.47. The van der Waals surface area contributed by atoms with Crippen LogP contribution in [-0.2, 0) is 20.9 Å². The van der Waals surface area contributed by atoms with Crippen molar-refractivity contribution in [3.63, 3.8) is 0 Å². The quantitative estimate of drug-likeness (QED) is 0.262. The Morgan fingerprint density at radius 1 is 1.00 bits per heavy atom. The lowest BCUT2D eigenvalue weighted by molar-refractivity contribution is -0.398. The second kappa shape index (κ2) is 10.4. The van der Waals surface area contributed by atoms with Crippen LogP contribution in [0.4, 0.5) is 5.69 Å². The van der Waals surface area contributed by atoms with E-state index in [0.29, 0.717) is 29.0 Å². The van der Waals surface area contributed by atoms with Crippen molar-refractivity contribution < 1.29 is 24.4 Å².